The Hall–Kier alpha value is -4.22. The summed E-state index contributed by atoms with van der Waals surface area (Å²) in [4.78, 5) is 68.4. The fourth-order valence-corrected chi connectivity index (χ4v) is 5.80. The summed E-state index contributed by atoms with van der Waals surface area (Å²) in [5, 5.41) is 15.3. The zero-order valence-corrected chi connectivity index (χ0v) is 26.1. The number of carboxylic acids is 1. The van der Waals surface area contributed by atoms with Crippen molar-refractivity contribution in [3.05, 3.63) is 57.6 Å². The molecule has 0 aliphatic rings. The lowest BCUT2D eigenvalue weighted by atomic mass is 10.0. The first-order valence-electron chi connectivity index (χ1n) is 13.5. The molecule has 0 saturated heterocycles. The molecule has 0 fully saturated rings. The molecule has 0 aliphatic heterocycles. The Morgan fingerprint density at radius 1 is 1.15 bits per heavy atom. The molecule has 1 unspecified atom stereocenters. The molecular formula is C27H28F3N6O8PS. The quantitative estimate of drug-likeness (QED) is 0.131. The number of nitrogens with one attached hydrogen (secondary N) is 2. The number of hydrogen-bond donors (Lipinski definition) is 5. The van der Waals surface area contributed by atoms with Crippen LogP contribution < -0.4 is 16.1 Å². The number of hydrogen-bond acceptors (Lipinski definition) is 9. The maximum atomic E-state index is 13.4. The molecule has 246 valence electrons. The van der Waals surface area contributed by atoms with Crippen LogP contribution in [-0.4, -0.2) is 59.6 Å². The lowest BCUT2D eigenvalue weighted by Gasteiger charge is -2.24. The van der Waals surface area contributed by atoms with E-state index in [1.54, 1.807) is 6.92 Å². The molecule has 5 N–H and O–H groups in total. The molecule has 14 nitrogen and oxygen atoms in total. The summed E-state index contributed by atoms with van der Waals surface area (Å²) in [6.07, 6.45) is -0.935. The van der Waals surface area contributed by atoms with Crippen molar-refractivity contribution in [2.24, 2.45) is 5.92 Å². The van der Waals surface area contributed by atoms with Gasteiger partial charge >= 0.3 is 26.0 Å². The number of rotatable bonds is 11. The number of nitrogens with zero attached hydrogens (tertiary/aromatic N) is 4. The third kappa shape index (κ3) is 8.13. The number of phosphoric acid groups is 1. The van der Waals surface area contributed by atoms with E-state index in [1.165, 1.54) is 29.1 Å². The van der Waals surface area contributed by atoms with Crippen molar-refractivity contribution in [2.45, 2.75) is 39.4 Å². The van der Waals surface area contributed by atoms with Crippen molar-refractivity contribution in [3.63, 3.8) is 0 Å². The minimum absolute atomic E-state index is 0.0145. The molecule has 4 aromatic heterocycles. The van der Waals surface area contributed by atoms with Crippen LogP contribution in [-0.2, 0) is 15.3 Å². The van der Waals surface area contributed by atoms with Crippen LogP contribution in [0.25, 0.3) is 32.7 Å². The second kappa shape index (κ2) is 13.6. The topological polar surface area (TPSA) is 206 Å². The molecule has 0 bridgehead atoms. The number of aromatic carboxylic acids is 1. The Labute approximate surface area is 262 Å². The zero-order valence-electron chi connectivity index (χ0n) is 24.4. The molecule has 2 amide bonds. The molecule has 46 heavy (non-hydrogen) atoms. The average Bonchev–Trinajstić information content (AvgIpc) is 3.46. The van der Waals surface area contributed by atoms with Crippen molar-refractivity contribution < 1.29 is 46.7 Å². The van der Waals surface area contributed by atoms with Gasteiger partial charge < -0.3 is 24.8 Å². The van der Waals surface area contributed by atoms with Crippen molar-refractivity contribution in [1.82, 2.24) is 24.8 Å². The molecule has 1 atom stereocenters. The van der Waals surface area contributed by atoms with Crippen molar-refractivity contribution >= 4 is 48.0 Å². The predicted octanol–water partition coefficient (Wildman–Crippen LogP) is 5.14. The molecule has 0 saturated carbocycles. The molecule has 4 aromatic rings. The van der Waals surface area contributed by atoms with Crippen molar-refractivity contribution in [3.8, 4) is 21.7 Å². The predicted molar refractivity (Wildman–Crippen MR) is 161 cm³/mol. The summed E-state index contributed by atoms with van der Waals surface area (Å²) in [5.74, 6) is -1.65. The monoisotopic (exact) mass is 684 g/mol. The Morgan fingerprint density at radius 2 is 1.87 bits per heavy atom. The van der Waals surface area contributed by atoms with Crippen LogP contribution >= 0.6 is 19.2 Å². The molecule has 4 rings (SSSR count). The number of phosphoric ester groups is 1. The van der Waals surface area contributed by atoms with Crippen molar-refractivity contribution in [1.29, 1.82) is 0 Å². The Bertz CT molecular complexity index is 1890. The highest BCUT2D eigenvalue weighted by Crippen LogP contribution is 2.40. The number of alkyl halides is 3. The summed E-state index contributed by atoms with van der Waals surface area (Å²) in [6, 6.07) is 1.12. The van der Waals surface area contributed by atoms with Gasteiger partial charge in [0.2, 0.25) is 5.43 Å². The SMILES string of the molecule is CCNC(=O)Nc1cc(-c2nc(C(F)(F)F)cs2)c(-c2cnc3c(c2)c(=O)c(C(=O)O)cn3C(COP(=O)(O)O)CC(C)C)cn1. The van der Waals surface area contributed by atoms with Gasteiger partial charge in [-0.25, -0.2) is 29.1 Å². The molecule has 0 radical (unpaired) electrons. The normalized spacial score (nSPS) is 12.8. The van der Waals surface area contributed by atoms with Crippen LogP contribution in [0.5, 0.6) is 0 Å². The van der Waals surface area contributed by atoms with Crippen LogP contribution in [0.1, 0.15) is 49.3 Å². The first kappa shape index (κ1) is 34.6. The number of carbonyl (C=O) groups is 2. The Kier molecular flexibility index (Phi) is 10.3. The van der Waals surface area contributed by atoms with Crippen LogP contribution in [0.4, 0.5) is 23.8 Å². The standard InChI is InChI=1S/C27H28F3N6O8PS/c1-4-31-26(40)35-21-7-16(24-34-20(12-46-24)27(28,29)30)18(9-32-21)14-6-17-22(37)19(25(38)39)10-36(23(17)33-8-14)15(5-13(2)3)11-44-45(41,42)43/h6-10,12-13,15H,4-5,11H2,1-3H3,(H,38,39)(H2,41,42,43)(H2,31,32,35,40). The number of carbonyl (C=O) groups excluding carboxylic acids is 1. The van der Waals surface area contributed by atoms with E-state index in [0.717, 1.165) is 11.6 Å². The van der Waals surface area contributed by atoms with Crippen LogP contribution in [0.3, 0.4) is 0 Å². The summed E-state index contributed by atoms with van der Waals surface area (Å²) in [6.45, 7) is 5.08. The van der Waals surface area contributed by atoms with Gasteiger partial charge in [-0.3, -0.25) is 14.6 Å². The van der Waals surface area contributed by atoms with Gasteiger partial charge in [0.05, 0.1) is 18.0 Å². The third-order valence-corrected chi connectivity index (χ3v) is 7.85. The Balaban J connectivity index is 1.94. The van der Waals surface area contributed by atoms with E-state index >= 15 is 0 Å². The first-order valence-corrected chi connectivity index (χ1v) is 16.0. The molecule has 0 spiro atoms. The molecule has 19 heteroatoms. The molecule has 0 aliphatic carbocycles. The minimum atomic E-state index is -4.92. The van der Waals surface area contributed by atoms with E-state index in [9.17, 15) is 47.0 Å². The van der Waals surface area contributed by atoms with Gasteiger partial charge in [0.1, 0.15) is 22.0 Å². The molecule has 0 aromatic carbocycles. The fraction of sp³-hybridized carbons (Fsp3) is 0.333. The van der Waals surface area contributed by atoms with E-state index in [-0.39, 0.29) is 50.9 Å². The van der Waals surface area contributed by atoms with Crippen molar-refractivity contribution in [2.75, 3.05) is 18.5 Å². The number of urea groups is 1. The summed E-state index contributed by atoms with van der Waals surface area (Å²) >= 11 is 0.680. The highest BCUT2D eigenvalue weighted by atomic mass is 32.1. The average molecular weight is 685 g/mol. The highest BCUT2D eigenvalue weighted by Gasteiger charge is 2.34. The second-order valence-corrected chi connectivity index (χ2v) is 12.5. The number of amides is 2. The fourth-order valence-electron chi connectivity index (χ4n) is 4.58. The zero-order chi connectivity index (χ0) is 34.0. The van der Waals surface area contributed by atoms with E-state index in [0.29, 0.717) is 17.9 Å². The number of anilines is 1. The molecular weight excluding hydrogens is 656 g/mol. The van der Waals surface area contributed by atoms with Gasteiger partial charge in [0.25, 0.3) is 0 Å². The number of pyridine rings is 3. The molecule has 4 heterocycles. The Morgan fingerprint density at radius 3 is 2.46 bits per heavy atom. The smallest absolute Gasteiger partial charge is 0.469 e. The summed E-state index contributed by atoms with van der Waals surface area (Å²) in [7, 11) is -4.92. The van der Waals surface area contributed by atoms with Gasteiger partial charge in [-0.05, 0) is 31.4 Å². The number of carboxylic acid groups (broad SMARTS) is 1. The van der Waals surface area contributed by atoms with Gasteiger partial charge in [0.15, 0.2) is 5.69 Å². The van der Waals surface area contributed by atoms with Gasteiger partial charge in [-0.15, -0.1) is 11.3 Å². The maximum absolute atomic E-state index is 13.4. The van der Waals surface area contributed by atoms with E-state index in [4.69, 9.17) is 4.52 Å². The lowest BCUT2D eigenvalue weighted by molar-refractivity contribution is -0.140. The van der Waals surface area contributed by atoms with Gasteiger partial charge in [0, 0.05) is 47.2 Å². The van der Waals surface area contributed by atoms with E-state index in [1.807, 2.05) is 13.8 Å². The van der Waals surface area contributed by atoms with Crippen LogP contribution in [0, 0.1) is 5.92 Å². The minimum Gasteiger partial charge on any atom is -0.477 e. The second-order valence-electron chi connectivity index (χ2n) is 10.4. The third-order valence-electron chi connectivity index (χ3n) is 6.49. The summed E-state index contributed by atoms with van der Waals surface area (Å²) in [5.41, 5.74) is -2.35. The number of fused-ring (bicyclic) bond motifs is 1. The largest absolute Gasteiger partial charge is 0.477 e. The number of thiazole rings is 1. The summed E-state index contributed by atoms with van der Waals surface area (Å²) < 4.78 is 57.8. The number of aromatic nitrogens is 4. The van der Waals surface area contributed by atoms with Crippen LogP contribution in [0.2, 0.25) is 0 Å². The highest BCUT2D eigenvalue weighted by molar-refractivity contribution is 7.46. The van der Waals surface area contributed by atoms with E-state index in [2.05, 4.69) is 25.6 Å². The van der Waals surface area contributed by atoms with E-state index < -0.39 is 55.3 Å². The van der Waals surface area contributed by atoms with Gasteiger partial charge in [-0.2, -0.15) is 13.2 Å². The first-order chi connectivity index (χ1) is 21.5. The lowest BCUT2D eigenvalue weighted by Crippen LogP contribution is -2.28. The van der Waals surface area contributed by atoms with Gasteiger partial charge in [-0.1, -0.05) is 13.8 Å². The van der Waals surface area contributed by atoms with Crippen LogP contribution in [0.15, 0.2) is 40.9 Å². The maximum Gasteiger partial charge on any atom is 0.469 e. The number of halogens is 3.